The van der Waals surface area contributed by atoms with E-state index in [2.05, 4.69) is 19.2 Å². The second-order valence-electron chi connectivity index (χ2n) is 5.69. The van der Waals surface area contributed by atoms with Gasteiger partial charge in [-0.2, -0.15) is 0 Å². The highest BCUT2D eigenvalue weighted by atomic mass is 16.5. The summed E-state index contributed by atoms with van der Waals surface area (Å²) < 4.78 is 11.6. The number of nitrogens with one attached hydrogen (secondary N) is 1. The highest BCUT2D eigenvalue weighted by Gasteiger charge is 2.40. The molecule has 1 aliphatic carbocycles. The van der Waals surface area contributed by atoms with E-state index in [0.717, 1.165) is 38.2 Å². The minimum absolute atomic E-state index is 0.435. The lowest BCUT2D eigenvalue weighted by Crippen LogP contribution is -2.49. The zero-order chi connectivity index (χ0) is 12.8. The lowest BCUT2D eigenvalue weighted by molar-refractivity contribution is -0.0223. The molecule has 1 saturated carbocycles. The number of rotatable bonds is 8. The van der Waals surface area contributed by atoms with Crippen molar-refractivity contribution >= 4 is 0 Å². The smallest absolute Gasteiger partial charge is 0.0758 e. The molecule has 2 fully saturated rings. The molecule has 2 unspecified atom stereocenters. The van der Waals surface area contributed by atoms with E-state index in [4.69, 9.17) is 9.47 Å². The summed E-state index contributed by atoms with van der Waals surface area (Å²) >= 11 is 0. The van der Waals surface area contributed by atoms with E-state index in [1.54, 1.807) is 0 Å². The summed E-state index contributed by atoms with van der Waals surface area (Å²) in [6, 6.07) is 0.543. The van der Waals surface area contributed by atoms with Crippen molar-refractivity contribution in [3.05, 3.63) is 0 Å². The molecule has 18 heavy (non-hydrogen) atoms. The van der Waals surface area contributed by atoms with Crippen LogP contribution in [-0.2, 0) is 9.47 Å². The van der Waals surface area contributed by atoms with Gasteiger partial charge in [-0.1, -0.05) is 6.92 Å². The van der Waals surface area contributed by atoms with Crippen LogP contribution in [0.15, 0.2) is 0 Å². The molecule has 2 atom stereocenters. The van der Waals surface area contributed by atoms with Crippen LogP contribution in [0.5, 0.6) is 0 Å². The third-order valence-electron chi connectivity index (χ3n) is 4.20. The van der Waals surface area contributed by atoms with Gasteiger partial charge in [0, 0.05) is 25.9 Å². The Hall–Kier alpha value is -0.120. The van der Waals surface area contributed by atoms with E-state index >= 15 is 0 Å². The number of ether oxygens (including phenoxy) is 2. The van der Waals surface area contributed by atoms with Gasteiger partial charge in [0.05, 0.1) is 6.10 Å². The summed E-state index contributed by atoms with van der Waals surface area (Å²) in [6.07, 6.45) is 6.74. The van der Waals surface area contributed by atoms with Crippen LogP contribution in [0.4, 0.5) is 0 Å². The molecule has 3 heteroatoms. The van der Waals surface area contributed by atoms with Gasteiger partial charge in [-0.3, -0.25) is 0 Å². The van der Waals surface area contributed by atoms with Gasteiger partial charge in [0.1, 0.15) is 0 Å². The van der Waals surface area contributed by atoms with Crippen molar-refractivity contribution in [3.63, 3.8) is 0 Å². The summed E-state index contributed by atoms with van der Waals surface area (Å²) in [6.45, 7) is 8.17. The lowest BCUT2D eigenvalue weighted by Gasteiger charge is -2.36. The first kappa shape index (κ1) is 14.3. The Kier molecular flexibility index (Phi) is 5.93. The van der Waals surface area contributed by atoms with Crippen LogP contribution < -0.4 is 5.32 Å². The zero-order valence-electron chi connectivity index (χ0n) is 12.0. The van der Waals surface area contributed by atoms with E-state index in [-0.39, 0.29) is 0 Å². The van der Waals surface area contributed by atoms with Crippen LogP contribution in [0.25, 0.3) is 0 Å². The van der Waals surface area contributed by atoms with Crippen molar-refractivity contribution in [1.82, 2.24) is 5.32 Å². The lowest BCUT2D eigenvalue weighted by atomic mass is 9.86. The Bertz CT molecular complexity index is 225. The Labute approximate surface area is 112 Å². The maximum absolute atomic E-state index is 6.08. The fraction of sp³-hybridized carbons (Fsp3) is 1.00. The molecule has 0 aromatic heterocycles. The van der Waals surface area contributed by atoms with Crippen molar-refractivity contribution in [2.75, 3.05) is 26.4 Å². The van der Waals surface area contributed by atoms with Crippen LogP contribution >= 0.6 is 0 Å². The first-order valence-electron chi connectivity index (χ1n) is 7.79. The first-order valence-corrected chi connectivity index (χ1v) is 7.79. The second-order valence-corrected chi connectivity index (χ2v) is 5.69. The zero-order valence-corrected chi connectivity index (χ0v) is 12.0. The minimum Gasteiger partial charge on any atom is -0.381 e. The maximum Gasteiger partial charge on any atom is 0.0758 e. The van der Waals surface area contributed by atoms with E-state index in [1.165, 1.54) is 32.1 Å². The molecule has 0 spiro atoms. The third kappa shape index (κ3) is 3.94. The van der Waals surface area contributed by atoms with Gasteiger partial charge < -0.3 is 14.8 Å². The van der Waals surface area contributed by atoms with Crippen LogP contribution in [0.2, 0.25) is 0 Å². The molecule has 0 aromatic rings. The molecule has 0 amide bonds. The Balaban J connectivity index is 1.96. The summed E-state index contributed by atoms with van der Waals surface area (Å²) in [7, 11) is 0. The molecule has 0 bridgehead atoms. The van der Waals surface area contributed by atoms with Gasteiger partial charge in [-0.05, 0) is 57.4 Å². The van der Waals surface area contributed by atoms with Crippen LogP contribution in [0, 0.1) is 11.8 Å². The fourth-order valence-electron chi connectivity index (χ4n) is 3.09. The Morgan fingerprint density at radius 3 is 2.39 bits per heavy atom. The summed E-state index contributed by atoms with van der Waals surface area (Å²) in [5.74, 6) is 1.55. The van der Waals surface area contributed by atoms with E-state index in [9.17, 15) is 0 Å². The highest BCUT2D eigenvalue weighted by Crippen LogP contribution is 2.38. The predicted molar refractivity (Wildman–Crippen MR) is 73.8 cm³/mol. The molecule has 3 nitrogen and oxygen atoms in total. The average molecular weight is 255 g/mol. The van der Waals surface area contributed by atoms with E-state index < -0.39 is 0 Å². The molecule has 106 valence electrons. The molecular formula is C15H29NO2. The van der Waals surface area contributed by atoms with Crippen LogP contribution in [-0.4, -0.2) is 38.5 Å². The molecule has 1 heterocycles. The van der Waals surface area contributed by atoms with Gasteiger partial charge in [0.2, 0.25) is 0 Å². The molecule has 2 aliphatic rings. The topological polar surface area (TPSA) is 30.5 Å². The van der Waals surface area contributed by atoms with Gasteiger partial charge in [0.15, 0.2) is 0 Å². The van der Waals surface area contributed by atoms with E-state index in [0.29, 0.717) is 12.1 Å². The number of hydrogen-bond donors (Lipinski definition) is 1. The van der Waals surface area contributed by atoms with Crippen molar-refractivity contribution < 1.29 is 9.47 Å². The maximum atomic E-state index is 6.08. The molecular weight excluding hydrogens is 226 g/mol. The van der Waals surface area contributed by atoms with Gasteiger partial charge in [-0.15, -0.1) is 0 Å². The molecule has 0 radical (unpaired) electrons. The average Bonchev–Trinajstić information content (AvgIpc) is 3.23. The summed E-state index contributed by atoms with van der Waals surface area (Å²) in [5, 5.41) is 3.76. The molecule has 1 N–H and O–H groups in total. The molecule has 1 aliphatic heterocycles. The highest BCUT2D eigenvalue weighted by molar-refractivity contribution is 4.94. The van der Waals surface area contributed by atoms with Crippen molar-refractivity contribution in [1.29, 1.82) is 0 Å². The minimum atomic E-state index is 0.435. The van der Waals surface area contributed by atoms with Gasteiger partial charge in [0.25, 0.3) is 0 Å². The predicted octanol–water partition coefficient (Wildman–Crippen LogP) is 2.60. The van der Waals surface area contributed by atoms with E-state index in [1.807, 2.05) is 0 Å². The van der Waals surface area contributed by atoms with Crippen LogP contribution in [0.3, 0.4) is 0 Å². The summed E-state index contributed by atoms with van der Waals surface area (Å²) in [4.78, 5) is 0. The second kappa shape index (κ2) is 7.46. The van der Waals surface area contributed by atoms with Crippen molar-refractivity contribution in [3.8, 4) is 0 Å². The standard InChI is InChI=1S/C15H29NO2/c1-3-9-16-14(12-7-10-17-11-8-12)15(18-4-2)13-5-6-13/h12-16H,3-11H2,1-2H3. The van der Waals surface area contributed by atoms with Crippen molar-refractivity contribution in [2.45, 2.75) is 58.1 Å². The van der Waals surface area contributed by atoms with Gasteiger partial charge in [-0.25, -0.2) is 0 Å². The third-order valence-corrected chi connectivity index (χ3v) is 4.20. The Morgan fingerprint density at radius 2 is 1.83 bits per heavy atom. The normalized spacial score (nSPS) is 25.0. The quantitative estimate of drug-likeness (QED) is 0.723. The van der Waals surface area contributed by atoms with Crippen molar-refractivity contribution in [2.24, 2.45) is 11.8 Å². The SMILES string of the molecule is CCCNC(C1CCOCC1)C(OCC)C1CC1. The first-order chi connectivity index (χ1) is 8.86. The molecule has 1 saturated heterocycles. The molecule has 2 rings (SSSR count). The summed E-state index contributed by atoms with van der Waals surface area (Å²) in [5.41, 5.74) is 0. The number of hydrogen-bond acceptors (Lipinski definition) is 3. The largest absolute Gasteiger partial charge is 0.381 e. The Morgan fingerprint density at radius 1 is 1.11 bits per heavy atom. The van der Waals surface area contributed by atoms with Gasteiger partial charge >= 0.3 is 0 Å². The molecule has 0 aromatic carbocycles. The fourth-order valence-corrected chi connectivity index (χ4v) is 3.09. The monoisotopic (exact) mass is 255 g/mol. The van der Waals surface area contributed by atoms with Crippen LogP contribution in [0.1, 0.15) is 46.0 Å².